The number of anilines is 1. The monoisotopic (exact) mass is 243 g/mol. The standard InChI is InChI=1S/C11H11Cl2NO/c1-3-4-9(15)14-11-8(12)6-5-7(2)10(11)13/h3-6H,1-2H3,(H,14,15). The molecule has 1 aromatic rings. The van der Waals surface area contributed by atoms with Gasteiger partial charge in [-0.3, -0.25) is 4.79 Å². The second-order valence-electron chi connectivity index (χ2n) is 3.04. The lowest BCUT2D eigenvalue weighted by atomic mass is 10.2. The van der Waals surface area contributed by atoms with Crippen LogP contribution < -0.4 is 5.32 Å². The second kappa shape index (κ2) is 5.19. The Balaban J connectivity index is 3.03. The van der Waals surface area contributed by atoms with Gasteiger partial charge in [-0.1, -0.05) is 35.3 Å². The van der Waals surface area contributed by atoms with E-state index < -0.39 is 0 Å². The molecule has 0 aliphatic rings. The van der Waals surface area contributed by atoms with Crippen molar-refractivity contribution in [1.29, 1.82) is 0 Å². The average molecular weight is 244 g/mol. The van der Waals surface area contributed by atoms with Crippen LogP contribution in [0.4, 0.5) is 5.69 Å². The Hall–Kier alpha value is -0.990. The average Bonchev–Trinajstić information content (AvgIpc) is 2.19. The molecule has 80 valence electrons. The Morgan fingerprint density at radius 1 is 1.40 bits per heavy atom. The van der Waals surface area contributed by atoms with Crippen LogP contribution >= 0.6 is 23.2 Å². The minimum atomic E-state index is -0.244. The first-order valence-corrected chi connectivity index (χ1v) is 5.20. The van der Waals surface area contributed by atoms with E-state index in [1.54, 1.807) is 25.1 Å². The SMILES string of the molecule is CC=CC(=O)Nc1c(Cl)ccc(C)c1Cl. The molecule has 0 spiro atoms. The highest BCUT2D eigenvalue weighted by atomic mass is 35.5. The van der Waals surface area contributed by atoms with Gasteiger partial charge in [0.15, 0.2) is 0 Å². The van der Waals surface area contributed by atoms with Gasteiger partial charge in [-0.05, 0) is 31.6 Å². The molecule has 0 radical (unpaired) electrons. The second-order valence-corrected chi connectivity index (χ2v) is 3.83. The van der Waals surface area contributed by atoms with Gasteiger partial charge in [0, 0.05) is 0 Å². The summed E-state index contributed by atoms with van der Waals surface area (Å²) in [5, 5.41) is 3.54. The van der Waals surface area contributed by atoms with E-state index in [0.29, 0.717) is 15.7 Å². The number of hydrogen-bond donors (Lipinski definition) is 1. The van der Waals surface area contributed by atoms with Crippen molar-refractivity contribution in [3.05, 3.63) is 39.9 Å². The number of rotatable bonds is 2. The number of nitrogens with one attached hydrogen (secondary N) is 1. The van der Waals surface area contributed by atoms with Crippen LogP contribution in [-0.4, -0.2) is 5.91 Å². The third kappa shape index (κ3) is 2.98. The number of allylic oxidation sites excluding steroid dienone is 1. The van der Waals surface area contributed by atoms with Crippen molar-refractivity contribution in [2.45, 2.75) is 13.8 Å². The van der Waals surface area contributed by atoms with Crippen molar-refractivity contribution in [3.8, 4) is 0 Å². The van der Waals surface area contributed by atoms with Crippen LogP contribution in [0.5, 0.6) is 0 Å². The smallest absolute Gasteiger partial charge is 0.248 e. The van der Waals surface area contributed by atoms with Crippen molar-refractivity contribution in [1.82, 2.24) is 0 Å². The molecule has 2 nitrogen and oxygen atoms in total. The summed E-state index contributed by atoms with van der Waals surface area (Å²) < 4.78 is 0. The van der Waals surface area contributed by atoms with E-state index in [-0.39, 0.29) is 5.91 Å². The Labute approximate surface area is 98.9 Å². The van der Waals surface area contributed by atoms with Gasteiger partial charge in [-0.2, -0.15) is 0 Å². The van der Waals surface area contributed by atoms with E-state index in [2.05, 4.69) is 5.32 Å². The Bertz CT molecular complexity index is 413. The highest BCUT2D eigenvalue weighted by Gasteiger charge is 2.09. The summed E-state index contributed by atoms with van der Waals surface area (Å²) in [5.74, 6) is -0.244. The molecule has 0 heterocycles. The zero-order chi connectivity index (χ0) is 11.4. The molecule has 1 amide bonds. The maximum atomic E-state index is 11.3. The van der Waals surface area contributed by atoms with Crippen LogP contribution in [0.25, 0.3) is 0 Å². The lowest BCUT2D eigenvalue weighted by molar-refractivity contribution is -0.111. The van der Waals surface area contributed by atoms with Gasteiger partial charge in [0.1, 0.15) is 0 Å². The fourth-order valence-electron chi connectivity index (χ4n) is 1.09. The van der Waals surface area contributed by atoms with Crippen molar-refractivity contribution >= 4 is 34.8 Å². The van der Waals surface area contributed by atoms with Crippen LogP contribution in [0.2, 0.25) is 10.0 Å². The molecule has 15 heavy (non-hydrogen) atoms. The molecule has 1 rings (SSSR count). The molecular formula is C11H11Cl2NO. The summed E-state index contributed by atoms with van der Waals surface area (Å²) >= 11 is 11.9. The molecule has 0 fully saturated rings. The summed E-state index contributed by atoms with van der Waals surface area (Å²) in [4.78, 5) is 11.3. The van der Waals surface area contributed by atoms with Gasteiger partial charge in [-0.25, -0.2) is 0 Å². The Morgan fingerprint density at radius 2 is 2.07 bits per heavy atom. The fourth-order valence-corrected chi connectivity index (χ4v) is 1.55. The normalized spacial score (nSPS) is 10.7. The lowest BCUT2D eigenvalue weighted by Crippen LogP contribution is -2.09. The number of carbonyl (C=O) groups is 1. The van der Waals surface area contributed by atoms with Gasteiger partial charge >= 0.3 is 0 Å². The fraction of sp³-hybridized carbons (Fsp3) is 0.182. The van der Waals surface area contributed by atoms with Gasteiger partial charge in [0.25, 0.3) is 0 Å². The van der Waals surface area contributed by atoms with Crippen molar-refractivity contribution < 1.29 is 4.79 Å². The molecule has 0 bridgehead atoms. The lowest BCUT2D eigenvalue weighted by Gasteiger charge is -2.09. The minimum absolute atomic E-state index is 0.244. The Kier molecular flexibility index (Phi) is 4.18. The molecule has 0 atom stereocenters. The zero-order valence-electron chi connectivity index (χ0n) is 8.47. The van der Waals surface area contributed by atoms with Crippen LogP contribution in [0, 0.1) is 6.92 Å². The third-order valence-corrected chi connectivity index (χ3v) is 2.65. The van der Waals surface area contributed by atoms with Gasteiger partial charge in [0.2, 0.25) is 5.91 Å². The zero-order valence-corrected chi connectivity index (χ0v) is 9.99. The molecule has 0 saturated carbocycles. The number of amides is 1. The molecule has 0 saturated heterocycles. The van der Waals surface area contributed by atoms with E-state index in [1.807, 2.05) is 6.92 Å². The topological polar surface area (TPSA) is 29.1 Å². The van der Waals surface area contributed by atoms with Crippen LogP contribution in [0.1, 0.15) is 12.5 Å². The van der Waals surface area contributed by atoms with Crippen molar-refractivity contribution in [2.75, 3.05) is 5.32 Å². The van der Waals surface area contributed by atoms with E-state index in [4.69, 9.17) is 23.2 Å². The third-order valence-electron chi connectivity index (χ3n) is 1.85. The van der Waals surface area contributed by atoms with E-state index in [0.717, 1.165) is 5.56 Å². The molecule has 0 aromatic heterocycles. The predicted molar refractivity (Wildman–Crippen MR) is 64.6 cm³/mol. The Morgan fingerprint density at radius 3 is 2.67 bits per heavy atom. The number of benzene rings is 1. The van der Waals surface area contributed by atoms with E-state index >= 15 is 0 Å². The molecule has 0 aliphatic heterocycles. The summed E-state index contributed by atoms with van der Waals surface area (Å²) in [6, 6.07) is 3.50. The maximum Gasteiger partial charge on any atom is 0.248 e. The van der Waals surface area contributed by atoms with Crippen molar-refractivity contribution in [2.24, 2.45) is 0 Å². The van der Waals surface area contributed by atoms with E-state index in [1.165, 1.54) is 6.08 Å². The number of halogens is 2. The van der Waals surface area contributed by atoms with Crippen LogP contribution in [0.3, 0.4) is 0 Å². The summed E-state index contributed by atoms with van der Waals surface area (Å²) in [5.41, 5.74) is 1.33. The van der Waals surface area contributed by atoms with Gasteiger partial charge in [0.05, 0.1) is 15.7 Å². The first-order chi connectivity index (χ1) is 7.06. The molecular weight excluding hydrogens is 233 g/mol. The van der Waals surface area contributed by atoms with Crippen LogP contribution in [-0.2, 0) is 4.79 Å². The largest absolute Gasteiger partial charge is 0.320 e. The van der Waals surface area contributed by atoms with Gasteiger partial charge < -0.3 is 5.32 Å². The summed E-state index contributed by atoms with van der Waals surface area (Å²) in [7, 11) is 0. The first-order valence-electron chi connectivity index (χ1n) is 4.44. The highest BCUT2D eigenvalue weighted by molar-refractivity contribution is 6.40. The number of hydrogen-bond acceptors (Lipinski definition) is 1. The summed E-state index contributed by atoms with van der Waals surface area (Å²) in [6.07, 6.45) is 3.06. The molecule has 1 N–H and O–H groups in total. The molecule has 4 heteroatoms. The highest BCUT2D eigenvalue weighted by Crippen LogP contribution is 2.32. The number of carbonyl (C=O) groups excluding carboxylic acids is 1. The molecule has 0 aliphatic carbocycles. The predicted octanol–water partition coefficient (Wildman–Crippen LogP) is 3.82. The number of aryl methyl sites for hydroxylation is 1. The molecule has 1 aromatic carbocycles. The van der Waals surface area contributed by atoms with E-state index in [9.17, 15) is 4.79 Å². The van der Waals surface area contributed by atoms with Crippen molar-refractivity contribution in [3.63, 3.8) is 0 Å². The quantitative estimate of drug-likeness (QED) is 0.787. The molecule has 0 unspecified atom stereocenters. The van der Waals surface area contributed by atoms with Gasteiger partial charge in [-0.15, -0.1) is 0 Å². The first kappa shape index (κ1) is 12.1. The summed E-state index contributed by atoms with van der Waals surface area (Å²) in [6.45, 7) is 3.61. The minimum Gasteiger partial charge on any atom is -0.320 e. The van der Waals surface area contributed by atoms with Crippen LogP contribution in [0.15, 0.2) is 24.3 Å². The maximum absolute atomic E-state index is 11.3.